The van der Waals surface area contributed by atoms with E-state index in [0.29, 0.717) is 100 Å². The molecule has 0 saturated carbocycles. The van der Waals surface area contributed by atoms with E-state index in [9.17, 15) is 29.4 Å². The SMILES string of the molecule is O=COc1ccc(-c2cc3nc(c2)Cn2nnc(CNC(=O)OCC4c5ccccc5-c5ccccc54)c2-c2cccc(n2)CN2CCN(CC(=O)O)CCN(CCN(CC(=O)O)CC2)C3)cc1. The summed E-state index contributed by atoms with van der Waals surface area (Å²) < 4.78 is 12.7. The zero-order chi connectivity index (χ0) is 47.0. The molecule has 18 nitrogen and oxygen atoms in total. The van der Waals surface area contributed by atoms with E-state index in [1.165, 1.54) is 0 Å². The lowest BCUT2D eigenvalue weighted by atomic mass is 9.98. The third-order valence-corrected chi connectivity index (χ3v) is 12.6. The molecule has 1 aliphatic carbocycles. The van der Waals surface area contributed by atoms with Crippen LogP contribution in [0.1, 0.15) is 39.8 Å². The summed E-state index contributed by atoms with van der Waals surface area (Å²) in [6.45, 7) is 5.10. The molecule has 3 N–H and O–H groups in total. The Bertz CT molecular complexity index is 2710. The number of carbonyl (C=O) groups is 4. The zero-order valence-corrected chi connectivity index (χ0v) is 37.4. The van der Waals surface area contributed by atoms with E-state index in [1.54, 1.807) is 16.8 Å². The van der Waals surface area contributed by atoms with Crippen LogP contribution in [0.2, 0.25) is 0 Å². The van der Waals surface area contributed by atoms with E-state index in [4.69, 9.17) is 19.4 Å². The fraction of sp³-hybridized carbons (Fsp3) is 0.320. The number of pyridine rings is 2. The van der Waals surface area contributed by atoms with Crippen molar-refractivity contribution in [3.8, 4) is 39.4 Å². The Morgan fingerprint density at radius 1 is 0.662 bits per heavy atom. The highest BCUT2D eigenvalue weighted by Crippen LogP contribution is 2.44. The molecule has 18 heteroatoms. The predicted molar refractivity (Wildman–Crippen MR) is 249 cm³/mol. The van der Waals surface area contributed by atoms with Gasteiger partial charge in [-0.3, -0.25) is 39.0 Å². The maximum absolute atomic E-state index is 13.5. The second kappa shape index (κ2) is 21.1. The van der Waals surface area contributed by atoms with Gasteiger partial charge in [0.25, 0.3) is 6.47 Å². The Labute approximate surface area is 392 Å². The first-order valence-corrected chi connectivity index (χ1v) is 22.7. The molecule has 350 valence electrons. The molecule has 3 aromatic heterocycles. The summed E-state index contributed by atoms with van der Waals surface area (Å²) >= 11 is 0. The second-order valence-electron chi connectivity index (χ2n) is 17.2. The monoisotopic (exact) mass is 920 g/mol. The number of benzene rings is 3. The van der Waals surface area contributed by atoms with Crippen LogP contribution in [0.4, 0.5) is 4.79 Å². The van der Waals surface area contributed by atoms with Crippen LogP contribution in [0.5, 0.6) is 5.75 Å². The molecular formula is C50H52N10O8. The van der Waals surface area contributed by atoms with Crippen LogP contribution in [0.3, 0.4) is 0 Å². The van der Waals surface area contributed by atoms with Gasteiger partial charge in [0.15, 0.2) is 0 Å². The summed E-state index contributed by atoms with van der Waals surface area (Å²) in [6, 6.07) is 33.1. The summed E-state index contributed by atoms with van der Waals surface area (Å²) in [5.41, 5.74) is 9.87. The minimum absolute atomic E-state index is 0.00818. The molecule has 1 saturated heterocycles. The highest BCUT2D eigenvalue weighted by molar-refractivity contribution is 5.79. The van der Waals surface area contributed by atoms with Crippen molar-refractivity contribution in [3.05, 3.63) is 137 Å². The van der Waals surface area contributed by atoms with E-state index in [1.807, 2.05) is 76.5 Å². The first-order chi connectivity index (χ1) is 33.1. The maximum atomic E-state index is 13.5. The second-order valence-corrected chi connectivity index (χ2v) is 17.2. The predicted octanol–water partition coefficient (Wildman–Crippen LogP) is 4.43. The van der Waals surface area contributed by atoms with Crippen molar-refractivity contribution in [1.82, 2.24) is 49.9 Å². The van der Waals surface area contributed by atoms with Gasteiger partial charge in [-0.15, -0.1) is 5.10 Å². The van der Waals surface area contributed by atoms with Crippen molar-refractivity contribution in [2.45, 2.75) is 32.1 Å². The number of carboxylic acid groups (broad SMARTS) is 2. The average molecular weight is 921 g/mol. The molecule has 10 rings (SSSR count). The van der Waals surface area contributed by atoms with Gasteiger partial charge in [-0.1, -0.05) is 71.9 Å². The molecule has 3 aliphatic heterocycles. The number of amides is 1. The number of aromatic nitrogens is 5. The first-order valence-electron chi connectivity index (χ1n) is 22.7. The third-order valence-electron chi connectivity index (χ3n) is 12.6. The summed E-state index contributed by atoms with van der Waals surface area (Å²) in [6.07, 6.45) is -0.602. The summed E-state index contributed by atoms with van der Waals surface area (Å²) in [7, 11) is 0. The molecule has 0 spiro atoms. The Morgan fingerprint density at radius 2 is 1.25 bits per heavy atom. The molecule has 4 aliphatic rings. The van der Waals surface area contributed by atoms with Crippen molar-refractivity contribution < 1.29 is 38.9 Å². The molecule has 0 unspecified atom stereocenters. The molecule has 1 amide bonds. The van der Waals surface area contributed by atoms with Crippen molar-refractivity contribution in [1.29, 1.82) is 0 Å². The van der Waals surface area contributed by atoms with Gasteiger partial charge in [-0.2, -0.15) is 0 Å². The minimum Gasteiger partial charge on any atom is -0.480 e. The molecule has 0 radical (unpaired) electrons. The minimum atomic E-state index is -0.919. The molecule has 6 heterocycles. The summed E-state index contributed by atoms with van der Waals surface area (Å²) in [4.78, 5) is 67.4. The number of fused-ring (bicyclic) bond motifs is 11. The van der Waals surface area contributed by atoms with Crippen LogP contribution in [0, 0.1) is 0 Å². The van der Waals surface area contributed by atoms with Crippen LogP contribution in [-0.4, -0.2) is 151 Å². The van der Waals surface area contributed by atoms with Gasteiger partial charge < -0.3 is 25.0 Å². The number of aliphatic carboxylic acids is 2. The van der Waals surface area contributed by atoms with Gasteiger partial charge in [0, 0.05) is 71.4 Å². The number of carbonyl (C=O) groups excluding carboxylic acids is 2. The van der Waals surface area contributed by atoms with Gasteiger partial charge >= 0.3 is 18.0 Å². The highest BCUT2D eigenvalue weighted by atomic mass is 16.5. The standard InChI is InChI=1S/C50H52N10O8/c61-33-68-39-14-12-34(13-15-39)35-24-37-28-57-18-22-58(30-47(62)63)20-16-56(17-21-59(23-19-57)31-48(64)65)27-36-6-5-11-45(53-36)49-46(54-55-60(49)29-38(25-35)52-37)26-51-50(66)67-32-44-42-9-3-1-7-40(42)41-8-2-4-10-43(41)44/h1-15,24-25,33,44H,16-23,26-32H2,(H,51,66)(H,62,63)(H,64,65). The smallest absolute Gasteiger partial charge is 0.407 e. The van der Waals surface area contributed by atoms with Crippen LogP contribution < -0.4 is 10.1 Å². The maximum Gasteiger partial charge on any atom is 0.407 e. The fourth-order valence-electron chi connectivity index (χ4n) is 9.33. The molecule has 0 atom stereocenters. The van der Waals surface area contributed by atoms with Gasteiger partial charge in [0.1, 0.15) is 23.7 Å². The average Bonchev–Trinajstić information content (AvgIpc) is 3.88. The summed E-state index contributed by atoms with van der Waals surface area (Å²) in [5, 5.41) is 32.0. The Hall–Kier alpha value is -7.38. The van der Waals surface area contributed by atoms with Crippen LogP contribution in [0.15, 0.2) is 103 Å². The molecule has 6 bridgehead atoms. The van der Waals surface area contributed by atoms with E-state index < -0.39 is 18.0 Å². The van der Waals surface area contributed by atoms with Crippen LogP contribution in [-0.2, 0) is 45.3 Å². The largest absolute Gasteiger partial charge is 0.480 e. The Kier molecular flexibility index (Phi) is 14.2. The number of hydrogen-bond donors (Lipinski definition) is 3. The Morgan fingerprint density at radius 3 is 1.85 bits per heavy atom. The number of rotatable bonds is 11. The molecule has 68 heavy (non-hydrogen) atoms. The van der Waals surface area contributed by atoms with E-state index >= 15 is 0 Å². The van der Waals surface area contributed by atoms with Crippen LogP contribution in [0.25, 0.3) is 33.6 Å². The van der Waals surface area contributed by atoms with Crippen molar-refractivity contribution in [3.63, 3.8) is 0 Å². The lowest BCUT2D eigenvalue weighted by molar-refractivity contribution is -0.139. The van der Waals surface area contributed by atoms with Crippen molar-refractivity contribution in [2.24, 2.45) is 0 Å². The normalized spacial score (nSPS) is 17.8. The van der Waals surface area contributed by atoms with Crippen LogP contribution >= 0.6 is 0 Å². The highest BCUT2D eigenvalue weighted by Gasteiger charge is 2.30. The number of nitrogens with one attached hydrogen (secondary N) is 1. The van der Waals surface area contributed by atoms with Gasteiger partial charge in [-0.05, 0) is 69.8 Å². The van der Waals surface area contributed by atoms with Crippen molar-refractivity contribution in [2.75, 3.05) is 72.1 Å². The van der Waals surface area contributed by atoms with Gasteiger partial charge in [0.05, 0.1) is 49.0 Å². The molecular weight excluding hydrogens is 869 g/mol. The topological polar surface area (TPSA) is 209 Å². The third kappa shape index (κ3) is 11.1. The van der Waals surface area contributed by atoms with E-state index in [0.717, 1.165) is 44.8 Å². The number of ether oxygens (including phenoxy) is 2. The Balaban J connectivity index is 1.07. The quantitative estimate of drug-likeness (QED) is 0.154. The number of alkyl carbamates (subject to hydrolysis) is 1. The molecule has 6 aromatic rings. The number of nitrogens with zero attached hydrogens (tertiary/aromatic N) is 9. The van der Waals surface area contributed by atoms with Gasteiger partial charge in [0.2, 0.25) is 0 Å². The number of carboxylic acids is 2. The van der Waals surface area contributed by atoms with Crippen molar-refractivity contribution >= 4 is 24.5 Å². The molecule has 3 aromatic carbocycles. The van der Waals surface area contributed by atoms with E-state index in [2.05, 4.69) is 49.7 Å². The van der Waals surface area contributed by atoms with Gasteiger partial charge in [-0.25, -0.2) is 14.5 Å². The fourth-order valence-corrected chi connectivity index (χ4v) is 9.33. The first kappa shape index (κ1) is 45.8. The number of hydrogen-bond acceptors (Lipinski definition) is 14. The lowest BCUT2D eigenvalue weighted by Gasteiger charge is -2.33. The molecule has 1 fully saturated rings. The zero-order valence-electron chi connectivity index (χ0n) is 37.4. The van der Waals surface area contributed by atoms with E-state index in [-0.39, 0.29) is 38.7 Å². The lowest BCUT2D eigenvalue weighted by Crippen LogP contribution is -2.47. The summed E-state index contributed by atoms with van der Waals surface area (Å²) in [5.74, 6) is -1.55.